The van der Waals surface area contributed by atoms with Gasteiger partial charge in [0.05, 0.1) is 10.9 Å². The van der Waals surface area contributed by atoms with Gasteiger partial charge in [-0.3, -0.25) is 14.5 Å². The minimum Gasteiger partial charge on any atom is -0.368 e. The predicted octanol–water partition coefficient (Wildman–Crippen LogP) is 0.575. The molecule has 148 valence electrons. The number of nitrogens with zero attached hydrogens (tertiary/aromatic N) is 1. The molecular weight excluding hydrogens is 380 g/mol. The summed E-state index contributed by atoms with van der Waals surface area (Å²) in [4.78, 5) is 26.0. The fraction of sp³-hybridized carbons (Fsp3) is 0.263. The van der Waals surface area contributed by atoms with Crippen molar-refractivity contribution in [2.75, 3.05) is 11.9 Å². The van der Waals surface area contributed by atoms with Crippen molar-refractivity contribution in [2.24, 2.45) is 10.9 Å². The van der Waals surface area contributed by atoms with Crippen molar-refractivity contribution in [1.29, 1.82) is 0 Å². The summed E-state index contributed by atoms with van der Waals surface area (Å²) in [7, 11) is -3.85. The van der Waals surface area contributed by atoms with Crippen molar-refractivity contribution in [3.05, 3.63) is 59.7 Å². The summed E-state index contributed by atoms with van der Waals surface area (Å²) in [6.07, 6.45) is 0.648. The molecule has 1 aliphatic heterocycles. The monoisotopic (exact) mass is 402 g/mol. The first kappa shape index (κ1) is 20.0. The Balaban J connectivity index is 1.64. The van der Waals surface area contributed by atoms with E-state index in [1.54, 1.807) is 6.07 Å². The molecule has 0 spiro atoms. The molecule has 28 heavy (non-hydrogen) atoms. The molecule has 3 rings (SSSR count). The van der Waals surface area contributed by atoms with Crippen LogP contribution in [-0.2, 0) is 32.6 Å². The summed E-state index contributed by atoms with van der Waals surface area (Å²) in [5.41, 5.74) is 8.09. The van der Waals surface area contributed by atoms with Gasteiger partial charge in [0, 0.05) is 25.2 Å². The van der Waals surface area contributed by atoms with E-state index in [4.69, 9.17) is 10.9 Å². The number of hydrogen-bond donors (Lipinski definition) is 3. The number of primary amides is 1. The first-order valence-corrected chi connectivity index (χ1v) is 10.3. The Morgan fingerprint density at radius 3 is 2.50 bits per heavy atom. The predicted molar refractivity (Wildman–Crippen MR) is 105 cm³/mol. The largest absolute Gasteiger partial charge is 0.368 e. The van der Waals surface area contributed by atoms with Gasteiger partial charge in [-0.25, -0.2) is 13.6 Å². The van der Waals surface area contributed by atoms with Gasteiger partial charge in [-0.2, -0.15) is 0 Å². The number of sulfonamides is 1. The second-order valence-electron chi connectivity index (χ2n) is 6.73. The number of rotatable bonds is 6. The number of primary sulfonamides is 1. The highest BCUT2D eigenvalue weighted by atomic mass is 32.2. The molecule has 0 aromatic heterocycles. The van der Waals surface area contributed by atoms with Crippen LogP contribution in [0.2, 0.25) is 0 Å². The van der Waals surface area contributed by atoms with Gasteiger partial charge in [-0.15, -0.1) is 0 Å². The zero-order valence-corrected chi connectivity index (χ0v) is 16.0. The van der Waals surface area contributed by atoms with E-state index in [2.05, 4.69) is 5.32 Å². The Kier molecular flexibility index (Phi) is 5.78. The van der Waals surface area contributed by atoms with Crippen LogP contribution in [0.1, 0.15) is 17.5 Å². The van der Waals surface area contributed by atoms with E-state index < -0.39 is 22.0 Å². The molecule has 5 N–H and O–H groups in total. The topological polar surface area (TPSA) is 136 Å². The summed E-state index contributed by atoms with van der Waals surface area (Å²) < 4.78 is 22.8. The van der Waals surface area contributed by atoms with Gasteiger partial charge in [0.25, 0.3) is 0 Å². The third-order valence-electron chi connectivity index (χ3n) is 4.75. The first-order chi connectivity index (χ1) is 13.2. The second-order valence-corrected chi connectivity index (χ2v) is 8.29. The Labute approximate surface area is 163 Å². The first-order valence-electron chi connectivity index (χ1n) is 8.77. The maximum atomic E-state index is 12.3. The minimum absolute atomic E-state index is 0.0771. The highest BCUT2D eigenvalue weighted by molar-refractivity contribution is 7.89. The number of benzene rings is 2. The Bertz CT molecular complexity index is 1010. The molecule has 0 aliphatic carbocycles. The lowest BCUT2D eigenvalue weighted by Crippen LogP contribution is -2.49. The molecule has 0 radical (unpaired) electrons. The Hall–Kier alpha value is -2.75. The van der Waals surface area contributed by atoms with Crippen LogP contribution in [0.15, 0.2) is 53.4 Å². The molecule has 9 heteroatoms. The van der Waals surface area contributed by atoms with Gasteiger partial charge >= 0.3 is 0 Å². The van der Waals surface area contributed by atoms with E-state index >= 15 is 0 Å². The maximum absolute atomic E-state index is 12.3. The summed E-state index contributed by atoms with van der Waals surface area (Å²) in [5.74, 6) is -0.718. The number of carbonyl (C=O) groups excluding carboxylic acids is 2. The zero-order valence-electron chi connectivity index (χ0n) is 15.2. The Morgan fingerprint density at radius 2 is 1.82 bits per heavy atom. The van der Waals surface area contributed by atoms with Crippen LogP contribution in [0.4, 0.5) is 5.69 Å². The molecule has 8 nitrogen and oxygen atoms in total. The van der Waals surface area contributed by atoms with Crippen LogP contribution < -0.4 is 16.2 Å². The molecule has 0 fully saturated rings. The van der Waals surface area contributed by atoms with Crippen molar-refractivity contribution in [3.8, 4) is 0 Å². The molecule has 0 bridgehead atoms. The van der Waals surface area contributed by atoms with E-state index in [1.807, 2.05) is 29.2 Å². The van der Waals surface area contributed by atoms with Gasteiger partial charge in [0.15, 0.2) is 0 Å². The Morgan fingerprint density at radius 1 is 1.11 bits per heavy atom. The van der Waals surface area contributed by atoms with Gasteiger partial charge in [0.1, 0.15) is 0 Å². The number of hydrogen-bond acceptors (Lipinski definition) is 5. The highest BCUT2D eigenvalue weighted by Gasteiger charge is 2.29. The molecular formula is C19H22N4O4S. The molecule has 0 saturated heterocycles. The molecule has 1 heterocycles. The van der Waals surface area contributed by atoms with Crippen molar-refractivity contribution in [1.82, 2.24) is 4.90 Å². The van der Waals surface area contributed by atoms with E-state index in [1.165, 1.54) is 18.2 Å². The van der Waals surface area contributed by atoms with Crippen LogP contribution in [0, 0.1) is 0 Å². The van der Waals surface area contributed by atoms with Crippen molar-refractivity contribution in [2.45, 2.75) is 30.3 Å². The van der Waals surface area contributed by atoms with Crippen LogP contribution in [0.25, 0.3) is 0 Å². The quantitative estimate of drug-likeness (QED) is 0.649. The second kappa shape index (κ2) is 8.09. The summed E-state index contributed by atoms with van der Waals surface area (Å²) in [6, 6.07) is 13.1. The lowest BCUT2D eigenvalue weighted by atomic mass is 9.93. The number of fused-ring (bicyclic) bond motifs is 1. The van der Waals surface area contributed by atoms with E-state index in [0.29, 0.717) is 25.2 Å². The SMILES string of the molecule is NC(=O)[C@@H]1Cc2ccccc2CN1CCC(=O)Nc1cccc(S(N)(=O)=O)c1. The highest BCUT2D eigenvalue weighted by Crippen LogP contribution is 2.23. The molecule has 1 atom stereocenters. The average molecular weight is 402 g/mol. The van der Waals surface area contributed by atoms with Crippen LogP contribution in [0.5, 0.6) is 0 Å². The lowest BCUT2D eigenvalue weighted by Gasteiger charge is -2.34. The number of nitrogens with two attached hydrogens (primary N) is 2. The zero-order chi connectivity index (χ0) is 20.3. The standard InChI is InChI=1S/C19H22N4O4S/c20-19(25)17-10-13-4-1-2-5-14(13)12-23(17)9-8-18(24)22-15-6-3-7-16(11-15)28(21,26)27/h1-7,11,17H,8-10,12H2,(H2,20,25)(H,22,24)(H2,21,26,27)/t17-/m0/s1. The summed E-state index contributed by atoms with van der Waals surface area (Å²) in [6.45, 7) is 0.889. The molecule has 0 saturated carbocycles. The molecule has 1 aliphatic rings. The smallest absolute Gasteiger partial charge is 0.238 e. The summed E-state index contributed by atoms with van der Waals surface area (Å²) >= 11 is 0. The molecule has 2 aromatic carbocycles. The maximum Gasteiger partial charge on any atom is 0.238 e. The fourth-order valence-electron chi connectivity index (χ4n) is 3.31. The third-order valence-corrected chi connectivity index (χ3v) is 5.66. The van der Waals surface area contributed by atoms with E-state index in [0.717, 1.165) is 11.1 Å². The van der Waals surface area contributed by atoms with Crippen molar-refractivity contribution >= 4 is 27.5 Å². The molecule has 2 aromatic rings. The van der Waals surface area contributed by atoms with Gasteiger partial charge in [-0.05, 0) is 35.7 Å². The number of nitrogens with one attached hydrogen (secondary N) is 1. The van der Waals surface area contributed by atoms with Gasteiger partial charge < -0.3 is 11.1 Å². The molecule has 0 unspecified atom stereocenters. The lowest BCUT2D eigenvalue weighted by molar-refractivity contribution is -0.125. The van der Waals surface area contributed by atoms with Crippen molar-refractivity contribution in [3.63, 3.8) is 0 Å². The number of anilines is 1. The van der Waals surface area contributed by atoms with Crippen LogP contribution in [-0.4, -0.2) is 37.7 Å². The fourth-order valence-corrected chi connectivity index (χ4v) is 3.87. The average Bonchev–Trinajstić information content (AvgIpc) is 2.65. The minimum atomic E-state index is -3.85. The molecule has 2 amide bonds. The van der Waals surface area contributed by atoms with Crippen molar-refractivity contribution < 1.29 is 18.0 Å². The van der Waals surface area contributed by atoms with Gasteiger partial charge in [0.2, 0.25) is 21.8 Å². The normalized spacial score (nSPS) is 17.0. The van der Waals surface area contributed by atoms with Gasteiger partial charge in [-0.1, -0.05) is 30.3 Å². The van der Waals surface area contributed by atoms with Crippen LogP contribution >= 0.6 is 0 Å². The third kappa shape index (κ3) is 4.75. The van der Waals surface area contributed by atoms with E-state index in [-0.39, 0.29) is 17.2 Å². The summed E-state index contributed by atoms with van der Waals surface area (Å²) in [5, 5.41) is 7.76. The number of carbonyl (C=O) groups is 2. The van der Waals surface area contributed by atoms with Crippen LogP contribution in [0.3, 0.4) is 0 Å². The number of amides is 2. The van der Waals surface area contributed by atoms with E-state index in [9.17, 15) is 18.0 Å².